The standard InChI is InChI=1S/C14H20N2O3/c17-11-14(8-4-5-9-14)15-13(18)16-19-10-12-6-2-1-3-7-12/h1-3,6-7,17H,4-5,8-11H2,(H2,15,16,18). The normalized spacial score (nSPS) is 17.1. The van der Waals surface area contributed by atoms with Crippen molar-refractivity contribution in [3.05, 3.63) is 35.9 Å². The number of aliphatic hydroxyl groups is 1. The van der Waals surface area contributed by atoms with Crippen molar-refractivity contribution in [1.82, 2.24) is 10.8 Å². The van der Waals surface area contributed by atoms with Gasteiger partial charge in [0.25, 0.3) is 0 Å². The van der Waals surface area contributed by atoms with Gasteiger partial charge in [0.2, 0.25) is 0 Å². The maximum absolute atomic E-state index is 11.7. The Bertz CT molecular complexity index is 402. The van der Waals surface area contributed by atoms with Gasteiger partial charge in [-0.1, -0.05) is 43.2 Å². The number of rotatable bonds is 5. The van der Waals surface area contributed by atoms with E-state index in [1.54, 1.807) is 0 Å². The summed E-state index contributed by atoms with van der Waals surface area (Å²) in [6.07, 6.45) is 3.70. The first-order chi connectivity index (χ1) is 9.24. The van der Waals surface area contributed by atoms with Crippen LogP contribution in [0.2, 0.25) is 0 Å². The second-order valence-corrected chi connectivity index (χ2v) is 4.98. The summed E-state index contributed by atoms with van der Waals surface area (Å²) in [4.78, 5) is 16.8. The average molecular weight is 264 g/mol. The summed E-state index contributed by atoms with van der Waals surface area (Å²) in [7, 11) is 0. The number of hydrogen-bond acceptors (Lipinski definition) is 3. The molecule has 1 fully saturated rings. The average Bonchev–Trinajstić information content (AvgIpc) is 2.89. The van der Waals surface area contributed by atoms with Crippen molar-refractivity contribution in [3.63, 3.8) is 0 Å². The fourth-order valence-electron chi connectivity index (χ4n) is 2.40. The Kier molecular flexibility index (Phi) is 4.76. The van der Waals surface area contributed by atoms with Gasteiger partial charge in [0.15, 0.2) is 0 Å². The van der Waals surface area contributed by atoms with E-state index in [0.29, 0.717) is 6.61 Å². The van der Waals surface area contributed by atoms with Crippen LogP contribution in [0.5, 0.6) is 0 Å². The number of carbonyl (C=O) groups excluding carboxylic acids is 1. The molecule has 1 aromatic carbocycles. The molecule has 0 unspecified atom stereocenters. The van der Waals surface area contributed by atoms with Crippen LogP contribution in [0.4, 0.5) is 4.79 Å². The van der Waals surface area contributed by atoms with Gasteiger partial charge in [0.1, 0.15) is 0 Å². The fraction of sp³-hybridized carbons (Fsp3) is 0.500. The van der Waals surface area contributed by atoms with Gasteiger partial charge < -0.3 is 10.4 Å². The maximum Gasteiger partial charge on any atom is 0.339 e. The molecule has 3 N–H and O–H groups in total. The number of hydroxylamine groups is 1. The highest BCUT2D eigenvalue weighted by molar-refractivity contribution is 5.73. The molecule has 5 nitrogen and oxygen atoms in total. The molecule has 0 aliphatic heterocycles. The third-order valence-electron chi connectivity index (χ3n) is 3.49. The molecule has 19 heavy (non-hydrogen) atoms. The number of nitrogens with one attached hydrogen (secondary N) is 2. The van der Waals surface area contributed by atoms with Crippen LogP contribution in [0.15, 0.2) is 30.3 Å². The third-order valence-corrected chi connectivity index (χ3v) is 3.49. The molecule has 1 saturated carbocycles. The first-order valence-corrected chi connectivity index (χ1v) is 6.59. The number of hydrogen-bond donors (Lipinski definition) is 3. The van der Waals surface area contributed by atoms with Crippen LogP contribution in [0.25, 0.3) is 0 Å². The number of amides is 2. The molecule has 0 aromatic heterocycles. The second-order valence-electron chi connectivity index (χ2n) is 4.98. The lowest BCUT2D eigenvalue weighted by atomic mass is 9.99. The maximum atomic E-state index is 11.7. The van der Waals surface area contributed by atoms with Crippen molar-refractivity contribution < 1.29 is 14.7 Å². The largest absolute Gasteiger partial charge is 0.394 e. The summed E-state index contributed by atoms with van der Waals surface area (Å²) in [5.41, 5.74) is 2.87. The van der Waals surface area contributed by atoms with Crippen LogP contribution in [0.1, 0.15) is 31.2 Å². The minimum atomic E-state index is -0.472. The van der Waals surface area contributed by atoms with Crippen molar-refractivity contribution in [3.8, 4) is 0 Å². The van der Waals surface area contributed by atoms with E-state index in [1.165, 1.54) is 0 Å². The topological polar surface area (TPSA) is 70.6 Å². The summed E-state index contributed by atoms with van der Waals surface area (Å²) in [5.74, 6) is 0. The predicted octanol–water partition coefficient (Wildman–Crippen LogP) is 1.72. The van der Waals surface area contributed by atoms with Crippen LogP contribution < -0.4 is 10.8 Å². The van der Waals surface area contributed by atoms with Crippen molar-refractivity contribution in [1.29, 1.82) is 0 Å². The van der Waals surface area contributed by atoms with E-state index in [4.69, 9.17) is 4.84 Å². The zero-order valence-corrected chi connectivity index (χ0v) is 10.9. The van der Waals surface area contributed by atoms with E-state index >= 15 is 0 Å². The molecule has 1 aromatic rings. The fourth-order valence-corrected chi connectivity index (χ4v) is 2.40. The number of aliphatic hydroxyl groups excluding tert-OH is 1. The predicted molar refractivity (Wildman–Crippen MR) is 71.2 cm³/mol. The smallest absolute Gasteiger partial charge is 0.339 e. The van der Waals surface area contributed by atoms with Crippen molar-refractivity contribution in [2.24, 2.45) is 0 Å². The van der Waals surface area contributed by atoms with Gasteiger partial charge >= 0.3 is 6.03 Å². The van der Waals surface area contributed by atoms with E-state index in [1.807, 2.05) is 30.3 Å². The highest BCUT2D eigenvalue weighted by Crippen LogP contribution is 2.28. The van der Waals surface area contributed by atoms with Gasteiger partial charge in [-0.2, -0.15) is 0 Å². The molecule has 0 saturated heterocycles. The number of urea groups is 1. The van der Waals surface area contributed by atoms with E-state index < -0.39 is 11.6 Å². The minimum absolute atomic E-state index is 0.0287. The zero-order valence-electron chi connectivity index (χ0n) is 10.9. The van der Waals surface area contributed by atoms with E-state index in [9.17, 15) is 9.90 Å². The molecule has 0 bridgehead atoms. The molecular weight excluding hydrogens is 244 g/mol. The van der Waals surface area contributed by atoms with Gasteiger partial charge in [-0.15, -0.1) is 0 Å². The van der Waals surface area contributed by atoms with Crippen LogP contribution in [-0.2, 0) is 11.4 Å². The first-order valence-electron chi connectivity index (χ1n) is 6.59. The Balaban J connectivity index is 1.73. The van der Waals surface area contributed by atoms with Gasteiger partial charge in [-0.05, 0) is 18.4 Å². The molecular formula is C14H20N2O3. The molecule has 0 spiro atoms. The Labute approximate surface area is 112 Å². The summed E-state index contributed by atoms with van der Waals surface area (Å²) < 4.78 is 0. The summed E-state index contributed by atoms with van der Waals surface area (Å²) in [5, 5.41) is 12.2. The molecule has 2 amide bonds. The van der Waals surface area contributed by atoms with Gasteiger partial charge in [-0.25, -0.2) is 10.3 Å². The summed E-state index contributed by atoms with van der Waals surface area (Å²) in [6, 6.07) is 9.20. The third kappa shape index (κ3) is 3.94. The second kappa shape index (κ2) is 6.54. The first kappa shape index (κ1) is 13.8. The molecule has 2 rings (SSSR count). The van der Waals surface area contributed by atoms with Gasteiger partial charge in [0, 0.05) is 0 Å². The molecule has 0 atom stereocenters. The minimum Gasteiger partial charge on any atom is -0.394 e. The molecule has 0 heterocycles. The Hall–Kier alpha value is -1.59. The number of carbonyl (C=O) groups is 1. The number of benzene rings is 1. The van der Waals surface area contributed by atoms with E-state index in [0.717, 1.165) is 31.2 Å². The van der Waals surface area contributed by atoms with Crippen LogP contribution in [0, 0.1) is 0 Å². The van der Waals surface area contributed by atoms with Crippen molar-refractivity contribution >= 4 is 6.03 Å². The molecule has 104 valence electrons. The van der Waals surface area contributed by atoms with Crippen molar-refractivity contribution in [2.45, 2.75) is 37.8 Å². The molecule has 1 aliphatic carbocycles. The lowest BCUT2D eigenvalue weighted by Gasteiger charge is -2.27. The molecule has 0 radical (unpaired) electrons. The highest BCUT2D eigenvalue weighted by Gasteiger charge is 2.34. The summed E-state index contributed by atoms with van der Waals surface area (Å²) in [6.45, 7) is 0.291. The quantitative estimate of drug-likeness (QED) is 0.709. The van der Waals surface area contributed by atoms with Crippen LogP contribution in [-0.4, -0.2) is 23.3 Å². The lowest BCUT2D eigenvalue weighted by molar-refractivity contribution is 0.0436. The summed E-state index contributed by atoms with van der Waals surface area (Å²) >= 11 is 0. The van der Waals surface area contributed by atoms with E-state index in [-0.39, 0.29) is 6.61 Å². The van der Waals surface area contributed by atoms with Crippen LogP contribution in [0.3, 0.4) is 0 Å². The SMILES string of the molecule is O=C(NOCc1ccccc1)NC1(CO)CCCC1. The Morgan fingerprint density at radius 2 is 1.95 bits per heavy atom. The lowest BCUT2D eigenvalue weighted by Crippen LogP contribution is -2.52. The van der Waals surface area contributed by atoms with E-state index in [2.05, 4.69) is 10.8 Å². The molecule has 1 aliphatic rings. The van der Waals surface area contributed by atoms with Crippen LogP contribution >= 0.6 is 0 Å². The zero-order chi connectivity index (χ0) is 13.6. The monoisotopic (exact) mass is 264 g/mol. The molecule has 5 heteroatoms. The van der Waals surface area contributed by atoms with Gasteiger partial charge in [-0.3, -0.25) is 4.84 Å². The Morgan fingerprint density at radius 3 is 2.58 bits per heavy atom. The Morgan fingerprint density at radius 1 is 1.26 bits per heavy atom. The van der Waals surface area contributed by atoms with Gasteiger partial charge in [0.05, 0.1) is 18.8 Å². The van der Waals surface area contributed by atoms with Crippen molar-refractivity contribution in [2.75, 3.05) is 6.61 Å². The highest BCUT2D eigenvalue weighted by atomic mass is 16.7.